The van der Waals surface area contributed by atoms with Gasteiger partial charge in [-0.1, -0.05) is 0 Å². The van der Waals surface area contributed by atoms with Gasteiger partial charge in [0.2, 0.25) is 11.8 Å². The predicted molar refractivity (Wildman–Crippen MR) is 112 cm³/mol. The number of morpholine rings is 1. The number of hydrogen-bond donors (Lipinski definition) is 0. The van der Waals surface area contributed by atoms with Crippen molar-refractivity contribution in [1.82, 2.24) is 9.97 Å². The second-order valence-corrected chi connectivity index (χ2v) is 9.18. The van der Waals surface area contributed by atoms with Crippen LogP contribution < -0.4 is 9.80 Å². The molecule has 0 unspecified atom stereocenters. The van der Waals surface area contributed by atoms with Crippen LogP contribution >= 0.6 is 0 Å². The van der Waals surface area contributed by atoms with Crippen molar-refractivity contribution in [1.29, 1.82) is 5.26 Å². The SMILES string of the molecule is Cc1cc(N2C[C@@]3(C)O[C@@](C)(C2)[C@@H]2C(=O)N(c4ccc(C#N)c(C)c4)C(=O)[C@@H]23)ncn1. The summed E-state index contributed by atoms with van der Waals surface area (Å²) < 4.78 is 6.41. The van der Waals surface area contributed by atoms with Crippen LogP contribution in [-0.2, 0) is 14.3 Å². The number of amides is 2. The molecule has 3 aliphatic heterocycles. The lowest BCUT2D eigenvalue weighted by Crippen LogP contribution is -2.58. The first-order chi connectivity index (χ1) is 14.7. The summed E-state index contributed by atoms with van der Waals surface area (Å²) in [6, 6.07) is 9.07. The molecule has 3 fully saturated rings. The highest BCUT2D eigenvalue weighted by Gasteiger charge is 2.71. The molecule has 4 heterocycles. The molecule has 2 amide bonds. The van der Waals surface area contributed by atoms with Gasteiger partial charge in [0.1, 0.15) is 12.1 Å². The Bertz CT molecular complexity index is 1140. The number of aryl methyl sites for hydroxylation is 2. The molecule has 1 aromatic carbocycles. The van der Waals surface area contributed by atoms with E-state index in [9.17, 15) is 14.9 Å². The van der Waals surface area contributed by atoms with Gasteiger partial charge >= 0.3 is 0 Å². The molecule has 158 valence electrons. The van der Waals surface area contributed by atoms with Gasteiger partial charge in [-0.15, -0.1) is 0 Å². The summed E-state index contributed by atoms with van der Waals surface area (Å²) in [5.41, 5.74) is 0.984. The minimum atomic E-state index is -0.820. The number of hydrogen-bond acceptors (Lipinski definition) is 7. The molecule has 0 N–H and O–H groups in total. The number of aromatic nitrogens is 2. The summed E-state index contributed by atoms with van der Waals surface area (Å²) in [5.74, 6) is -0.868. The van der Waals surface area contributed by atoms with E-state index in [2.05, 4.69) is 20.9 Å². The monoisotopic (exact) mass is 417 g/mol. The summed E-state index contributed by atoms with van der Waals surface area (Å²) in [5, 5.41) is 9.19. The van der Waals surface area contributed by atoms with Crippen LogP contribution in [0.1, 0.15) is 30.7 Å². The molecule has 0 saturated carbocycles. The molecule has 3 aliphatic rings. The highest BCUT2D eigenvalue weighted by molar-refractivity contribution is 6.23. The topological polar surface area (TPSA) is 99.4 Å². The largest absolute Gasteiger partial charge is 0.364 e. The second kappa shape index (κ2) is 6.34. The van der Waals surface area contributed by atoms with Gasteiger partial charge < -0.3 is 9.64 Å². The lowest BCUT2D eigenvalue weighted by Gasteiger charge is -2.45. The Balaban J connectivity index is 1.53. The second-order valence-electron chi connectivity index (χ2n) is 9.18. The van der Waals surface area contributed by atoms with E-state index < -0.39 is 23.0 Å². The molecule has 3 saturated heterocycles. The number of benzene rings is 1. The van der Waals surface area contributed by atoms with E-state index >= 15 is 0 Å². The first-order valence-corrected chi connectivity index (χ1v) is 10.3. The van der Waals surface area contributed by atoms with Gasteiger partial charge in [-0.05, 0) is 51.5 Å². The van der Waals surface area contributed by atoms with Crippen LogP contribution in [0.25, 0.3) is 0 Å². The minimum absolute atomic E-state index is 0.244. The molecule has 2 aromatic rings. The molecular formula is C23H23N5O3. The van der Waals surface area contributed by atoms with Gasteiger partial charge in [0.05, 0.1) is 40.4 Å². The van der Waals surface area contributed by atoms with Crippen LogP contribution in [0.2, 0.25) is 0 Å². The van der Waals surface area contributed by atoms with E-state index in [4.69, 9.17) is 4.74 Å². The lowest BCUT2D eigenvalue weighted by molar-refractivity contribution is -0.141. The van der Waals surface area contributed by atoms with Crippen molar-refractivity contribution in [2.24, 2.45) is 11.8 Å². The molecule has 31 heavy (non-hydrogen) atoms. The van der Waals surface area contributed by atoms with Crippen LogP contribution in [0, 0.1) is 37.0 Å². The summed E-state index contributed by atoms with van der Waals surface area (Å²) in [6.45, 7) is 8.45. The fourth-order valence-corrected chi connectivity index (χ4v) is 5.58. The number of fused-ring (bicyclic) bond motifs is 5. The standard InChI is InChI=1S/C23H23N5O3/c1-13-7-16(6-5-15(13)9-24)28-20(29)18-19(21(28)30)23(4)11-27(10-22(18,3)31-23)17-8-14(2)25-12-26-17/h5-8,12,18-19H,10-11H2,1-4H3/t18-,19+,22-,23+. The molecule has 8 heteroatoms. The maximum absolute atomic E-state index is 13.6. The van der Waals surface area contributed by atoms with Crippen LogP contribution in [0.15, 0.2) is 30.6 Å². The number of rotatable bonds is 2. The van der Waals surface area contributed by atoms with Gasteiger partial charge in [0.15, 0.2) is 0 Å². The maximum atomic E-state index is 13.6. The van der Waals surface area contributed by atoms with E-state index in [1.165, 1.54) is 11.2 Å². The van der Waals surface area contributed by atoms with Gasteiger partial charge in [0.25, 0.3) is 0 Å². The third-order valence-electron chi connectivity index (χ3n) is 6.80. The number of anilines is 2. The number of nitrogens with zero attached hydrogens (tertiary/aromatic N) is 5. The minimum Gasteiger partial charge on any atom is -0.364 e. The third-order valence-corrected chi connectivity index (χ3v) is 6.80. The Morgan fingerprint density at radius 1 is 1.06 bits per heavy atom. The number of nitriles is 1. The highest BCUT2D eigenvalue weighted by Crippen LogP contribution is 2.55. The Morgan fingerprint density at radius 2 is 1.71 bits per heavy atom. The summed E-state index contributed by atoms with van der Waals surface area (Å²) in [7, 11) is 0. The summed E-state index contributed by atoms with van der Waals surface area (Å²) in [6.07, 6.45) is 1.53. The number of carbonyl (C=O) groups excluding carboxylic acids is 2. The number of carbonyl (C=O) groups is 2. The summed E-state index contributed by atoms with van der Waals surface area (Å²) in [4.78, 5) is 39.1. The van der Waals surface area contributed by atoms with Gasteiger partial charge in [-0.2, -0.15) is 5.26 Å². The average Bonchev–Trinajstić information content (AvgIpc) is 3.08. The zero-order chi connectivity index (χ0) is 22.1. The molecule has 8 nitrogen and oxygen atoms in total. The van der Waals surface area contributed by atoms with Crippen molar-refractivity contribution >= 4 is 23.3 Å². The smallest absolute Gasteiger partial charge is 0.240 e. The normalized spacial score (nSPS) is 31.7. The van der Waals surface area contributed by atoms with Crippen LogP contribution in [0.5, 0.6) is 0 Å². The highest BCUT2D eigenvalue weighted by atomic mass is 16.5. The van der Waals surface area contributed by atoms with Crippen molar-refractivity contribution < 1.29 is 14.3 Å². The van der Waals surface area contributed by atoms with Crippen LogP contribution in [-0.4, -0.2) is 46.1 Å². The number of ether oxygens (including phenoxy) is 1. The van der Waals surface area contributed by atoms with E-state index in [0.717, 1.165) is 17.1 Å². The first-order valence-electron chi connectivity index (χ1n) is 10.3. The van der Waals surface area contributed by atoms with Crippen molar-refractivity contribution in [2.45, 2.75) is 38.9 Å². The molecule has 0 radical (unpaired) electrons. The Labute approximate surface area is 180 Å². The molecule has 2 bridgehead atoms. The van der Waals surface area contributed by atoms with Crippen molar-refractivity contribution in [3.8, 4) is 6.07 Å². The quantitative estimate of drug-likeness (QED) is 0.690. The van der Waals surface area contributed by atoms with E-state index in [1.807, 2.05) is 26.8 Å². The fraction of sp³-hybridized carbons (Fsp3) is 0.435. The predicted octanol–water partition coefficient (Wildman–Crippen LogP) is 2.14. The maximum Gasteiger partial charge on any atom is 0.240 e. The molecular weight excluding hydrogens is 394 g/mol. The third kappa shape index (κ3) is 2.70. The summed E-state index contributed by atoms with van der Waals surface area (Å²) >= 11 is 0. The van der Waals surface area contributed by atoms with E-state index in [-0.39, 0.29) is 11.8 Å². The van der Waals surface area contributed by atoms with Crippen LogP contribution in [0.3, 0.4) is 0 Å². The van der Waals surface area contributed by atoms with Gasteiger partial charge in [0, 0.05) is 24.8 Å². The molecule has 0 aliphatic carbocycles. The van der Waals surface area contributed by atoms with Gasteiger partial charge in [-0.3, -0.25) is 9.59 Å². The zero-order valence-electron chi connectivity index (χ0n) is 17.9. The van der Waals surface area contributed by atoms with Crippen LogP contribution in [0.4, 0.5) is 11.5 Å². The first kappa shape index (κ1) is 19.6. The molecule has 1 aromatic heterocycles. The number of imide groups is 1. The van der Waals surface area contributed by atoms with Crippen molar-refractivity contribution in [2.75, 3.05) is 22.9 Å². The molecule has 5 rings (SSSR count). The van der Waals surface area contributed by atoms with Gasteiger partial charge in [-0.25, -0.2) is 14.9 Å². The Hall–Kier alpha value is -3.31. The Kier molecular flexibility index (Phi) is 4.02. The zero-order valence-corrected chi connectivity index (χ0v) is 17.9. The van der Waals surface area contributed by atoms with Crippen molar-refractivity contribution in [3.05, 3.63) is 47.4 Å². The molecule has 4 atom stereocenters. The van der Waals surface area contributed by atoms with Crippen molar-refractivity contribution in [3.63, 3.8) is 0 Å². The van der Waals surface area contributed by atoms with E-state index in [1.54, 1.807) is 25.1 Å². The molecule has 0 spiro atoms. The van der Waals surface area contributed by atoms with E-state index in [0.29, 0.717) is 24.3 Å². The Morgan fingerprint density at radius 3 is 2.26 bits per heavy atom. The average molecular weight is 417 g/mol. The lowest BCUT2D eigenvalue weighted by atomic mass is 9.79. The fourth-order valence-electron chi connectivity index (χ4n) is 5.58.